The second-order valence-electron chi connectivity index (χ2n) is 0.600. The van der Waals surface area contributed by atoms with Gasteiger partial charge in [0.15, 0.2) is 0 Å². The summed E-state index contributed by atoms with van der Waals surface area (Å²) in [5.74, 6) is 0. The summed E-state index contributed by atoms with van der Waals surface area (Å²) in [6, 6.07) is 0. The zero-order chi connectivity index (χ0) is 4.50. The van der Waals surface area contributed by atoms with Gasteiger partial charge >= 0.3 is 90.0 Å². The topological polar surface area (TPSA) is 80.9 Å². The molecule has 4 N–H and O–H groups in total. The summed E-state index contributed by atoms with van der Waals surface area (Å²) in [6.07, 6.45) is 0. The molecule has 8 heteroatoms. The molecule has 0 amide bonds. The molecule has 0 aliphatic rings. The Morgan fingerprint density at radius 2 is 0.875 bits per heavy atom. The van der Waals surface area contributed by atoms with Gasteiger partial charge in [0, 0.05) is 0 Å². The van der Waals surface area contributed by atoms with E-state index in [1.165, 1.54) is 0 Å². The molecule has 0 aromatic heterocycles. The molecule has 0 atom stereocenters. The number of hydrogen-bond donors (Lipinski definition) is 4. The van der Waals surface area contributed by atoms with Crippen molar-refractivity contribution < 1.29 is 19.2 Å². The van der Waals surface area contributed by atoms with E-state index in [2.05, 4.69) is 0 Å². The van der Waals surface area contributed by atoms with Gasteiger partial charge in [-0.3, -0.25) is 0 Å². The van der Waals surface area contributed by atoms with E-state index in [0.29, 0.717) is 0 Å². The third-order valence-electron chi connectivity index (χ3n) is 0. The minimum atomic E-state index is -4.61. The van der Waals surface area contributed by atoms with E-state index in [9.17, 15) is 0 Å². The normalized spacial score (nSPS) is 7.50. The number of rotatable bonds is 0. The van der Waals surface area contributed by atoms with Gasteiger partial charge < -0.3 is 19.2 Å². The van der Waals surface area contributed by atoms with E-state index >= 15 is 0 Å². The Balaban J connectivity index is -0.0000000267. The molecule has 0 aliphatic carbocycles. The average Bonchev–Trinajstić information content (AvgIpc) is 0.722. The predicted molar refractivity (Wildman–Crippen MR) is 38.9 cm³/mol. The van der Waals surface area contributed by atoms with Gasteiger partial charge in [0.1, 0.15) is 0 Å². The Labute approximate surface area is 115 Å². The summed E-state index contributed by atoms with van der Waals surface area (Å²) in [7, 11) is -4.61. The van der Waals surface area contributed by atoms with Crippen LogP contribution in [0, 0.1) is 0 Å². The van der Waals surface area contributed by atoms with Crippen LogP contribution in [0.3, 0.4) is 0 Å². The van der Waals surface area contributed by atoms with Crippen molar-refractivity contribution in [3.63, 3.8) is 0 Å². The first kappa shape index (κ1) is 22.4. The Bertz CT molecular complexity index is 31.5. The van der Waals surface area contributed by atoms with Crippen LogP contribution in [0.1, 0.15) is 0 Å². The molecule has 0 bridgehead atoms. The van der Waals surface area contributed by atoms with E-state index in [0.717, 1.165) is 0 Å². The maximum absolute atomic E-state index is 7.33. The molecule has 0 aliphatic heterocycles. The molecule has 0 heterocycles. The number of hydrogen-bond acceptors (Lipinski definition) is 4. The molecular formula is H9BKNaO4Si. The van der Waals surface area contributed by atoms with Crippen molar-refractivity contribution in [2.45, 2.75) is 0 Å². The van der Waals surface area contributed by atoms with E-state index in [1.54, 1.807) is 0 Å². The van der Waals surface area contributed by atoms with Crippen LogP contribution in [0.25, 0.3) is 0 Å². The van der Waals surface area contributed by atoms with Crippen LogP contribution in [-0.4, -0.2) is 118 Å². The Morgan fingerprint density at radius 3 is 0.875 bits per heavy atom. The monoisotopic (exact) mass is 174 g/mol. The van der Waals surface area contributed by atoms with Crippen molar-refractivity contribution in [3.8, 4) is 0 Å². The molecule has 0 aromatic carbocycles. The molecule has 0 fully saturated rings. The van der Waals surface area contributed by atoms with Crippen LogP contribution < -0.4 is 0 Å². The van der Waals surface area contributed by atoms with Crippen LogP contribution in [0.2, 0.25) is 0 Å². The van der Waals surface area contributed by atoms with E-state index in [4.69, 9.17) is 19.2 Å². The van der Waals surface area contributed by atoms with Gasteiger partial charge in [0.2, 0.25) is 0 Å². The molecule has 0 rings (SSSR count). The van der Waals surface area contributed by atoms with Gasteiger partial charge in [0.05, 0.1) is 8.41 Å². The first-order valence-electron chi connectivity index (χ1n) is 0.894. The first-order valence-corrected chi connectivity index (χ1v) is 2.68. The fraction of sp³-hybridized carbons (Fsp3) is 0. The maximum atomic E-state index is 7.33. The molecule has 42 valence electrons. The van der Waals surface area contributed by atoms with Crippen LogP contribution in [0.15, 0.2) is 0 Å². The van der Waals surface area contributed by atoms with Crippen molar-refractivity contribution >= 4 is 98.4 Å². The zero-order valence-corrected chi connectivity index (χ0v) is 3.29. The summed E-state index contributed by atoms with van der Waals surface area (Å²) < 4.78 is 0. The molecule has 0 spiro atoms. The fourth-order valence-corrected chi connectivity index (χ4v) is 0. The van der Waals surface area contributed by atoms with Gasteiger partial charge in [-0.2, -0.15) is 0 Å². The summed E-state index contributed by atoms with van der Waals surface area (Å²) >= 11 is 0. The van der Waals surface area contributed by atoms with E-state index < -0.39 is 9.05 Å². The molecule has 0 saturated heterocycles. The van der Waals surface area contributed by atoms with Gasteiger partial charge in [0.25, 0.3) is 0 Å². The van der Waals surface area contributed by atoms with E-state index in [1.807, 2.05) is 0 Å². The first-order chi connectivity index (χ1) is 2.00. The quantitative estimate of drug-likeness (QED) is 0.277. The van der Waals surface area contributed by atoms with Crippen molar-refractivity contribution in [1.82, 2.24) is 0 Å². The molecule has 4 nitrogen and oxygen atoms in total. The van der Waals surface area contributed by atoms with Gasteiger partial charge in [-0.1, -0.05) is 0 Å². The minimum absolute atomic E-state index is 0. The van der Waals surface area contributed by atoms with Gasteiger partial charge in [-0.25, -0.2) is 0 Å². The standard InChI is InChI=1S/BH3.K.Na.H4O4Si.2H/c;;;1-5(2,3)4;;/h1H3;;;1-4H;;. The third kappa shape index (κ3) is 69.3. The zero-order valence-electron chi connectivity index (χ0n) is 2.29. The predicted octanol–water partition coefficient (Wildman–Crippen LogP) is -5.09. The molecule has 8 heavy (non-hydrogen) atoms. The van der Waals surface area contributed by atoms with Crippen LogP contribution >= 0.6 is 0 Å². The average molecular weight is 174 g/mol. The van der Waals surface area contributed by atoms with Crippen molar-refractivity contribution in [1.29, 1.82) is 0 Å². The van der Waals surface area contributed by atoms with E-state index in [-0.39, 0.29) is 89.4 Å². The van der Waals surface area contributed by atoms with Gasteiger partial charge in [-0.05, 0) is 0 Å². The second-order valence-corrected chi connectivity index (χ2v) is 1.80. The second kappa shape index (κ2) is 9.76. The SMILES string of the molecule is B.O[Si](O)(O)O.[KH].[NaH]. The summed E-state index contributed by atoms with van der Waals surface area (Å²) in [5, 5.41) is 0. The summed E-state index contributed by atoms with van der Waals surface area (Å²) in [5.41, 5.74) is 0. The third-order valence-corrected chi connectivity index (χ3v) is 0. The van der Waals surface area contributed by atoms with Crippen molar-refractivity contribution in [2.75, 3.05) is 0 Å². The molecule has 0 aromatic rings. The molecule has 0 saturated carbocycles. The van der Waals surface area contributed by atoms with Crippen LogP contribution in [0.4, 0.5) is 0 Å². The van der Waals surface area contributed by atoms with Gasteiger partial charge in [-0.15, -0.1) is 0 Å². The summed E-state index contributed by atoms with van der Waals surface area (Å²) in [6.45, 7) is 0. The van der Waals surface area contributed by atoms with Crippen molar-refractivity contribution in [3.05, 3.63) is 0 Å². The fourth-order valence-electron chi connectivity index (χ4n) is 0. The Morgan fingerprint density at radius 1 is 0.875 bits per heavy atom. The summed E-state index contributed by atoms with van der Waals surface area (Å²) in [4.78, 5) is 29.3. The molecule has 0 radical (unpaired) electrons. The molecular weight excluding hydrogens is 165 g/mol. The Kier molecular flexibility index (Phi) is 27.4. The van der Waals surface area contributed by atoms with Crippen LogP contribution in [0.5, 0.6) is 0 Å². The van der Waals surface area contributed by atoms with Crippen molar-refractivity contribution in [2.24, 2.45) is 0 Å². The molecule has 0 unspecified atom stereocenters. The Hall–Kier alpha value is 2.76. The van der Waals surface area contributed by atoms with Crippen LogP contribution in [-0.2, 0) is 0 Å².